The number of H-pyrrole nitrogens is 1. The molecule has 0 amide bonds. The summed E-state index contributed by atoms with van der Waals surface area (Å²) in [7, 11) is 0. The Morgan fingerprint density at radius 3 is 2.86 bits per heavy atom. The minimum absolute atomic E-state index is 0.0793. The molecule has 0 aliphatic carbocycles. The number of imidazole rings is 1. The number of hydrogen-bond acceptors (Lipinski definition) is 2. The Morgan fingerprint density at radius 1 is 1.50 bits per heavy atom. The van der Waals surface area contributed by atoms with Crippen LogP contribution in [-0.2, 0) is 0 Å². The highest BCUT2D eigenvalue weighted by Crippen LogP contribution is 2.12. The monoisotopic (exact) mass is 191 g/mol. The van der Waals surface area contributed by atoms with E-state index in [4.69, 9.17) is 0 Å². The molecule has 4 nitrogen and oxygen atoms in total. The highest BCUT2D eigenvalue weighted by molar-refractivity contribution is 5.44. The van der Waals surface area contributed by atoms with Gasteiger partial charge in [0.25, 0.3) is 5.56 Å². The third-order valence-electron chi connectivity index (χ3n) is 2.21. The summed E-state index contributed by atoms with van der Waals surface area (Å²) in [6, 6.07) is 0. The van der Waals surface area contributed by atoms with Crippen LogP contribution >= 0.6 is 0 Å². The predicted molar refractivity (Wildman–Crippen MR) is 54.6 cm³/mol. The Kier molecular flexibility index (Phi) is 1.91. The van der Waals surface area contributed by atoms with Crippen LogP contribution in [0.1, 0.15) is 31.3 Å². The Labute approximate surface area is 81.6 Å². The zero-order valence-corrected chi connectivity index (χ0v) is 8.53. The van der Waals surface area contributed by atoms with Gasteiger partial charge in [-0.2, -0.15) is 0 Å². The minimum Gasteiger partial charge on any atom is -0.323 e. The fourth-order valence-electron chi connectivity index (χ4n) is 1.58. The van der Waals surface area contributed by atoms with Crippen molar-refractivity contribution >= 4 is 5.52 Å². The van der Waals surface area contributed by atoms with Crippen LogP contribution in [0.3, 0.4) is 0 Å². The van der Waals surface area contributed by atoms with Crippen LogP contribution in [0.2, 0.25) is 0 Å². The lowest BCUT2D eigenvalue weighted by Crippen LogP contribution is -2.11. The van der Waals surface area contributed by atoms with Crippen LogP contribution < -0.4 is 5.56 Å². The number of nitrogens with zero attached hydrogens (tertiary/aromatic N) is 2. The minimum atomic E-state index is -0.0793. The van der Waals surface area contributed by atoms with E-state index in [1.165, 1.54) is 0 Å². The van der Waals surface area contributed by atoms with Crippen molar-refractivity contribution in [2.24, 2.45) is 0 Å². The number of hydrogen-bond donors (Lipinski definition) is 1. The fourth-order valence-corrected chi connectivity index (χ4v) is 1.58. The molecule has 0 aromatic carbocycles. The molecule has 0 radical (unpaired) electrons. The summed E-state index contributed by atoms with van der Waals surface area (Å²) in [6.07, 6.45) is 3.52. The summed E-state index contributed by atoms with van der Waals surface area (Å²) in [4.78, 5) is 18.5. The molecule has 0 saturated carbocycles. The van der Waals surface area contributed by atoms with Crippen molar-refractivity contribution in [2.75, 3.05) is 0 Å². The van der Waals surface area contributed by atoms with Gasteiger partial charge in [-0.15, -0.1) is 0 Å². The number of aromatic nitrogens is 3. The average molecular weight is 191 g/mol. The quantitative estimate of drug-likeness (QED) is 0.741. The van der Waals surface area contributed by atoms with Crippen molar-refractivity contribution < 1.29 is 0 Å². The molecular formula is C10H13N3O. The first-order valence-electron chi connectivity index (χ1n) is 4.66. The lowest BCUT2D eigenvalue weighted by atomic mass is 10.2. The number of aryl methyl sites for hydroxylation is 1. The molecule has 74 valence electrons. The van der Waals surface area contributed by atoms with Gasteiger partial charge in [0, 0.05) is 17.8 Å². The highest BCUT2D eigenvalue weighted by Gasteiger charge is 2.09. The van der Waals surface area contributed by atoms with E-state index in [2.05, 4.69) is 23.8 Å². The molecule has 0 fully saturated rings. The molecule has 2 heterocycles. The van der Waals surface area contributed by atoms with E-state index >= 15 is 0 Å². The molecule has 0 unspecified atom stereocenters. The van der Waals surface area contributed by atoms with Gasteiger partial charge in [-0.3, -0.25) is 9.20 Å². The number of nitrogens with one attached hydrogen (secondary N) is 1. The van der Waals surface area contributed by atoms with Crippen molar-refractivity contribution in [1.29, 1.82) is 0 Å². The van der Waals surface area contributed by atoms with Gasteiger partial charge < -0.3 is 4.98 Å². The van der Waals surface area contributed by atoms with Gasteiger partial charge in [-0.25, -0.2) is 4.98 Å². The molecule has 0 bridgehead atoms. The number of fused-ring (bicyclic) bond motifs is 1. The molecule has 0 spiro atoms. The summed E-state index contributed by atoms with van der Waals surface area (Å²) in [6.45, 7) is 5.99. The molecule has 2 aromatic rings. The number of rotatable bonds is 1. The summed E-state index contributed by atoms with van der Waals surface area (Å²) < 4.78 is 1.86. The molecule has 0 atom stereocenters. The van der Waals surface area contributed by atoms with Gasteiger partial charge in [0.15, 0.2) is 0 Å². The van der Waals surface area contributed by atoms with E-state index in [1.54, 1.807) is 6.20 Å². The molecule has 14 heavy (non-hydrogen) atoms. The maximum absolute atomic E-state index is 11.5. The summed E-state index contributed by atoms with van der Waals surface area (Å²) >= 11 is 0. The van der Waals surface area contributed by atoms with Crippen molar-refractivity contribution in [2.45, 2.75) is 26.7 Å². The summed E-state index contributed by atoms with van der Waals surface area (Å²) in [5.41, 5.74) is 1.38. The summed E-state index contributed by atoms with van der Waals surface area (Å²) in [5.74, 6) is 1.24. The SMILES string of the molecule is Cc1cn2c(C(C)C)ncc2c(=O)[nH]1. The van der Waals surface area contributed by atoms with Crippen molar-refractivity contribution in [3.8, 4) is 0 Å². The van der Waals surface area contributed by atoms with Gasteiger partial charge >= 0.3 is 0 Å². The number of aromatic amines is 1. The molecule has 2 rings (SSSR count). The maximum atomic E-state index is 11.5. The van der Waals surface area contributed by atoms with E-state index in [9.17, 15) is 4.79 Å². The van der Waals surface area contributed by atoms with E-state index in [-0.39, 0.29) is 5.56 Å². The zero-order chi connectivity index (χ0) is 10.3. The van der Waals surface area contributed by atoms with Crippen molar-refractivity contribution in [3.63, 3.8) is 0 Å². The fraction of sp³-hybridized carbons (Fsp3) is 0.400. The molecule has 4 heteroatoms. The lowest BCUT2D eigenvalue weighted by molar-refractivity contribution is 0.765. The Balaban J connectivity index is 2.85. The van der Waals surface area contributed by atoms with Crippen molar-refractivity contribution in [3.05, 3.63) is 34.3 Å². The van der Waals surface area contributed by atoms with E-state index in [0.29, 0.717) is 11.4 Å². The van der Waals surface area contributed by atoms with Crippen LogP contribution in [0.25, 0.3) is 5.52 Å². The molecule has 0 aliphatic rings. The first-order valence-corrected chi connectivity index (χ1v) is 4.66. The van der Waals surface area contributed by atoms with Crippen molar-refractivity contribution in [1.82, 2.24) is 14.4 Å². The molecule has 1 N–H and O–H groups in total. The smallest absolute Gasteiger partial charge is 0.274 e. The largest absolute Gasteiger partial charge is 0.323 e. The average Bonchev–Trinajstić information content (AvgIpc) is 2.47. The third-order valence-corrected chi connectivity index (χ3v) is 2.21. The van der Waals surface area contributed by atoms with Gasteiger partial charge in [0.1, 0.15) is 11.3 Å². The normalized spacial score (nSPS) is 11.4. The Hall–Kier alpha value is -1.58. The second-order valence-corrected chi connectivity index (χ2v) is 3.79. The first kappa shape index (κ1) is 8.99. The van der Waals surface area contributed by atoms with Gasteiger partial charge in [-0.05, 0) is 6.92 Å². The first-order chi connectivity index (χ1) is 6.59. The van der Waals surface area contributed by atoms with Crippen LogP contribution in [0.5, 0.6) is 0 Å². The second kappa shape index (κ2) is 2.97. The topological polar surface area (TPSA) is 50.2 Å². The van der Waals surface area contributed by atoms with Crippen LogP contribution in [0, 0.1) is 6.92 Å². The van der Waals surface area contributed by atoms with Crippen LogP contribution in [0.4, 0.5) is 0 Å². The highest BCUT2D eigenvalue weighted by atomic mass is 16.1. The van der Waals surface area contributed by atoms with Gasteiger partial charge in [0.2, 0.25) is 0 Å². The van der Waals surface area contributed by atoms with E-state index < -0.39 is 0 Å². The molecule has 0 saturated heterocycles. The van der Waals surface area contributed by atoms with Crippen LogP contribution in [0.15, 0.2) is 17.2 Å². The zero-order valence-electron chi connectivity index (χ0n) is 8.53. The van der Waals surface area contributed by atoms with Crippen LogP contribution in [-0.4, -0.2) is 14.4 Å². The maximum Gasteiger partial charge on any atom is 0.274 e. The predicted octanol–water partition coefficient (Wildman–Crippen LogP) is 1.45. The van der Waals surface area contributed by atoms with Gasteiger partial charge in [0.05, 0.1) is 6.20 Å². The molecule has 2 aromatic heterocycles. The second-order valence-electron chi connectivity index (χ2n) is 3.79. The van der Waals surface area contributed by atoms with E-state index in [1.807, 2.05) is 17.5 Å². The Bertz CT molecular complexity index is 522. The Morgan fingerprint density at radius 2 is 2.21 bits per heavy atom. The van der Waals surface area contributed by atoms with Gasteiger partial charge in [-0.1, -0.05) is 13.8 Å². The standard InChI is InChI=1S/C10H13N3O/c1-6(2)9-11-4-8-10(14)12-7(3)5-13(8)9/h4-6H,1-3H3,(H,12,14). The third kappa shape index (κ3) is 1.23. The summed E-state index contributed by atoms with van der Waals surface area (Å²) in [5, 5.41) is 0. The molecule has 0 aliphatic heterocycles. The lowest BCUT2D eigenvalue weighted by Gasteiger charge is -2.04. The van der Waals surface area contributed by atoms with E-state index in [0.717, 1.165) is 11.5 Å². The molecular weight excluding hydrogens is 178 g/mol.